The van der Waals surface area contributed by atoms with E-state index in [-0.39, 0.29) is 16.3 Å². The molecular formula is C17H13ClN4O3. The van der Waals surface area contributed by atoms with Crippen molar-refractivity contribution >= 4 is 45.5 Å². The van der Waals surface area contributed by atoms with Gasteiger partial charge in [0, 0.05) is 34.1 Å². The van der Waals surface area contributed by atoms with Gasteiger partial charge in [-0.15, -0.1) is 0 Å². The van der Waals surface area contributed by atoms with Crippen molar-refractivity contribution in [2.45, 2.75) is 6.92 Å². The van der Waals surface area contributed by atoms with Crippen LogP contribution >= 0.6 is 11.6 Å². The van der Waals surface area contributed by atoms with Crippen LogP contribution in [0.2, 0.25) is 5.02 Å². The molecule has 1 heterocycles. The van der Waals surface area contributed by atoms with Gasteiger partial charge in [-0.05, 0) is 43.3 Å². The Morgan fingerprint density at radius 3 is 2.72 bits per heavy atom. The molecule has 0 atom stereocenters. The fourth-order valence-corrected chi connectivity index (χ4v) is 2.65. The summed E-state index contributed by atoms with van der Waals surface area (Å²) in [6.45, 7) is 1.85. The third-order valence-electron chi connectivity index (χ3n) is 3.63. The van der Waals surface area contributed by atoms with Crippen LogP contribution in [0.1, 0.15) is 16.1 Å². The van der Waals surface area contributed by atoms with Crippen LogP contribution in [0, 0.1) is 17.0 Å². The summed E-state index contributed by atoms with van der Waals surface area (Å²) in [5, 5.41) is 14.3. The van der Waals surface area contributed by atoms with Crippen LogP contribution in [0.3, 0.4) is 0 Å². The van der Waals surface area contributed by atoms with Crippen molar-refractivity contribution in [3.05, 3.63) is 68.9 Å². The number of carbonyl (C=O) groups excluding carboxylic acids is 1. The lowest BCUT2D eigenvalue weighted by Crippen LogP contribution is -2.12. The summed E-state index contributed by atoms with van der Waals surface area (Å²) in [5.74, 6) is -0.488. The number of pyridine rings is 1. The highest BCUT2D eigenvalue weighted by atomic mass is 35.5. The molecule has 2 aromatic carbocycles. The van der Waals surface area contributed by atoms with Gasteiger partial charge in [-0.2, -0.15) is 0 Å². The summed E-state index contributed by atoms with van der Waals surface area (Å²) in [7, 11) is 0. The average Bonchev–Trinajstić information content (AvgIpc) is 2.55. The highest BCUT2D eigenvalue weighted by Gasteiger charge is 2.16. The Hall–Kier alpha value is -3.19. The minimum atomic E-state index is -0.635. The fraction of sp³-hybridized carbons (Fsp3) is 0.0588. The zero-order valence-electron chi connectivity index (χ0n) is 13.1. The van der Waals surface area contributed by atoms with Crippen molar-refractivity contribution < 1.29 is 9.72 Å². The van der Waals surface area contributed by atoms with Crippen LogP contribution in [-0.2, 0) is 0 Å². The van der Waals surface area contributed by atoms with E-state index >= 15 is 0 Å². The van der Waals surface area contributed by atoms with E-state index in [0.717, 1.165) is 17.3 Å². The molecule has 8 heteroatoms. The first kappa shape index (κ1) is 16.7. The number of rotatable bonds is 3. The number of aromatic nitrogens is 1. The molecule has 3 aromatic rings. The van der Waals surface area contributed by atoms with Crippen molar-refractivity contribution in [1.82, 2.24) is 4.98 Å². The van der Waals surface area contributed by atoms with Crippen molar-refractivity contribution in [3.8, 4) is 0 Å². The van der Waals surface area contributed by atoms with Gasteiger partial charge >= 0.3 is 0 Å². The Kier molecular flexibility index (Phi) is 4.24. The van der Waals surface area contributed by atoms with Gasteiger partial charge in [0.15, 0.2) is 0 Å². The average molecular weight is 357 g/mol. The fourth-order valence-electron chi connectivity index (χ4n) is 2.46. The number of hydrogen-bond acceptors (Lipinski definition) is 5. The first-order valence-electron chi connectivity index (χ1n) is 7.27. The number of nitrogens with two attached hydrogens (primary N) is 1. The van der Waals surface area contributed by atoms with E-state index in [1.165, 1.54) is 12.1 Å². The van der Waals surface area contributed by atoms with Crippen LogP contribution in [0.4, 0.5) is 17.1 Å². The Morgan fingerprint density at radius 2 is 2.00 bits per heavy atom. The number of nitrogens with zero attached hydrogens (tertiary/aromatic N) is 2. The number of aryl methyl sites for hydroxylation is 1. The molecule has 0 saturated heterocycles. The van der Waals surface area contributed by atoms with E-state index in [1.807, 2.05) is 6.92 Å². The summed E-state index contributed by atoms with van der Waals surface area (Å²) in [4.78, 5) is 27.0. The number of anilines is 2. The molecule has 0 aliphatic heterocycles. The van der Waals surface area contributed by atoms with Crippen LogP contribution in [0.5, 0.6) is 0 Å². The molecule has 1 amide bonds. The molecule has 0 saturated carbocycles. The van der Waals surface area contributed by atoms with E-state index in [1.54, 1.807) is 24.3 Å². The van der Waals surface area contributed by atoms with Gasteiger partial charge < -0.3 is 11.1 Å². The van der Waals surface area contributed by atoms with Crippen molar-refractivity contribution in [1.29, 1.82) is 0 Å². The quantitative estimate of drug-likeness (QED) is 0.545. The minimum Gasteiger partial charge on any atom is -0.398 e. The lowest BCUT2D eigenvalue weighted by atomic mass is 10.1. The SMILES string of the molecule is Cc1cc(N)c2cc(NC(=O)c3ccc(Cl)c([N+](=O)[O-])c3)ccc2n1. The molecule has 3 N–H and O–H groups in total. The van der Waals surface area contributed by atoms with Gasteiger partial charge in [0.25, 0.3) is 11.6 Å². The molecule has 0 fully saturated rings. The van der Waals surface area contributed by atoms with E-state index in [4.69, 9.17) is 17.3 Å². The van der Waals surface area contributed by atoms with E-state index in [9.17, 15) is 14.9 Å². The Labute approximate surface area is 147 Å². The highest BCUT2D eigenvalue weighted by molar-refractivity contribution is 6.32. The van der Waals surface area contributed by atoms with Gasteiger partial charge in [-0.3, -0.25) is 19.9 Å². The molecule has 0 radical (unpaired) electrons. The predicted octanol–water partition coefficient (Wildman–Crippen LogP) is 3.94. The number of benzene rings is 2. The minimum absolute atomic E-state index is 0.0264. The normalized spacial score (nSPS) is 10.6. The van der Waals surface area contributed by atoms with Crippen molar-refractivity contribution in [2.75, 3.05) is 11.1 Å². The second-order valence-electron chi connectivity index (χ2n) is 5.46. The summed E-state index contributed by atoms with van der Waals surface area (Å²) >= 11 is 5.76. The van der Waals surface area contributed by atoms with Crippen LogP contribution < -0.4 is 11.1 Å². The van der Waals surface area contributed by atoms with Gasteiger partial charge in [0.2, 0.25) is 0 Å². The second kappa shape index (κ2) is 6.37. The van der Waals surface area contributed by atoms with Crippen LogP contribution in [0.15, 0.2) is 42.5 Å². The molecule has 126 valence electrons. The van der Waals surface area contributed by atoms with Crippen molar-refractivity contribution in [2.24, 2.45) is 0 Å². The number of nitrogen functional groups attached to an aromatic ring is 1. The third kappa shape index (κ3) is 3.36. The van der Waals surface area contributed by atoms with Gasteiger partial charge in [0.05, 0.1) is 10.4 Å². The third-order valence-corrected chi connectivity index (χ3v) is 3.95. The van der Waals surface area contributed by atoms with Gasteiger partial charge in [-0.25, -0.2) is 0 Å². The molecule has 0 aliphatic carbocycles. The van der Waals surface area contributed by atoms with E-state index in [2.05, 4.69) is 10.3 Å². The summed E-state index contributed by atoms with van der Waals surface area (Å²) in [6.07, 6.45) is 0. The van der Waals surface area contributed by atoms with Crippen molar-refractivity contribution in [3.63, 3.8) is 0 Å². The molecule has 0 spiro atoms. The number of halogens is 1. The molecule has 0 aliphatic rings. The maximum absolute atomic E-state index is 12.4. The number of nitro benzene ring substituents is 1. The topological polar surface area (TPSA) is 111 Å². The lowest BCUT2D eigenvalue weighted by molar-refractivity contribution is -0.384. The maximum atomic E-state index is 12.4. The number of amides is 1. The Morgan fingerprint density at radius 1 is 1.24 bits per heavy atom. The number of fused-ring (bicyclic) bond motifs is 1. The first-order chi connectivity index (χ1) is 11.8. The lowest BCUT2D eigenvalue weighted by Gasteiger charge is -2.09. The Bertz CT molecular complexity index is 1020. The molecule has 3 rings (SSSR count). The predicted molar refractivity (Wildman–Crippen MR) is 97.0 cm³/mol. The largest absolute Gasteiger partial charge is 0.398 e. The summed E-state index contributed by atoms with van der Waals surface area (Å²) < 4.78 is 0. The van der Waals surface area contributed by atoms with Crippen LogP contribution in [-0.4, -0.2) is 15.8 Å². The standard InChI is InChI=1S/C17H13ClN4O3/c1-9-6-14(19)12-8-11(3-5-15(12)20-9)21-17(23)10-2-4-13(18)16(7-10)22(24)25/h2-8H,1H3,(H2,19,20)(H,21,23). The molecule has 0 bridgehead atoms. The monoisotopic (exact) mass is 356 g/mol. The van der Waals surface area contributed by atoms with Gasteiger partial charge in [-0.1, -0.05) is 11.6 Å². The Balaban J connectivity index is 1.92. The van der Waals surface area contributed by atoms with E-state index < -0.39 is 10.8 Å². The molecular weight excluding hydrogens is 344 g/mol. The maximum Gasteiger partial charge on any atom is 0.288 e. The number of carbonyl (C=O) groups is 1. The molecule has 0 unspecified atom stereocenters. The number of nitro groups is 1. The van der Waals surface area contributed by atoms with Crippen LogP contribution in [0.25, 0.3) is 10.9 Å². The zero-order chi connectivity index (χ0) is 18.1. The number of nitrogens with one attached hydrogen (secondary N) is 1. The summed E-state index contributed by atoms with van der Waals surface area (Å²) in [6, 6.07) is 10.8. The summed E-state index contributed by atoms with van der Waals surface area (Å²) in [5.41, 5.74) is 8.39. The zero-order valence-corrected chi connectivity index (χ0v) is 13.9. The molecule has 25 heavy (non-hydrogen) atoms. The molecule has 1 aromatic heterocycles. The second-order valence-corrected chi connectivity index (χ2v) is 5.87. The smallest absolute Gasteiger partial charge is 0.288 e. The first-order valence-corrected chi connectivity index (χ1v) is 7.65. The highest BCUT2D eigenvalue weighted by Crippen LogP contribution is 2.27. The van der Waals surface area contributed by atoms with E-state index in [0.29, 0.717) is 16.8 Å². The number of hydrogen-bond donors (Lipinski definition) is 2. The molecule has 7 nitrogen and oxygen atoms in total. The van der Waals surface area contributed by atoms with Gasteiger partial charge in [0.1, 0.15) is 5.02 Å².